The van der Waals surface area contributed by atoms with Gasteiger partial charge >= 0.3 is 0 Å². The highest BCUT2D eigenvalue weighted by Crippen LogP contribution is 2.21. The first-order chi connectivity index (χ1) is 11.7. The van der Waals surface area contributed by atoms with E-state index in [2.05, 4.69) is 20.1 Å². The van der Waals surface area contributed by atoms with Crippen molar-refractivity contribution in [3.8, 4) is 11.3 Å². The first kappa shape index (κ1) is 15.1. The van der Waals surface area contributed by atoms with E-state index in [9.17, 15) is 0 Å². The normalized spacial score (nSPS) is 11.1. The largest absolute Gasteiger partial charge is 0.268 e. The lowest BCUT2D eigenvalue weighted by atomic mass is 10.2. The van der Waals surface area contributed by atoms with E-state index in [-0.39, 0.29) is 0 Å². The molecule has 0 N–H and O–H groups in total. The second-order valence-corrected chi connectivity index (χ2v) is 6.18. The van der Waals surface area contributed by atoms with Crippen molar-refractivity contribution in [2.24, 2.45) is 0 Å². The minimum absolute atomic E-state index is 0.569. The lowest BCUT2D eigenvalue weighted by Gasteiger charge is -2.03. The summed E-state index contributed by atoms with van der Waals surface area (Å²) in [4.78, 5) is 13.1. The Labute approximate surface area is 147 Å². The molecule has 3 aromatic heterocycles. The van der Waals surface area contributed by atoms with Gasteiger partial charge in [-0.05, 0) is 35.9 Å². The van der Waals surface area contributed by atoms with E-state index in [4.69, 9.17) is 23.2 Å². The van der Waals surface area contributed by atoms with E-state index in [1.165, 1.54) is 0 Å². The summed E-state index contributed by atoms with van der Waals surface area (Å²) in [6, 6.07) is 9.16. The van der Waals surface area contributed by atoms with Gasteiger partial charge in [-0.25, -0.2) is 9.97 Å². The van der Waals surface area contributed by atoms with Crippen molar-refractivity contribution in [1.82, 2.24) is 24.7 Å². The molecule has 1 aromatic carbocycles. The van der Waals surface area contributed by atoms with Crippen LogP contribution in [0.15, 0.2) is 55.1 Å². The third kappa shape index (κ3) is 3.09. The first-order valence-corrected chi connectivity index (χ1v) is 7.98. The van der Waals surface area contributed by atoms with E-state index in [0.717, 1.165) is 22.3 Å². The minimum atomic E-state index is 0.569. The number of pyridine rings is 1. The summed E-state index contributed by atoms with van der Waals surface area (Å²) in [6.45, 7) is 0.569. The van der Waals surface area contributed by atoms with Crippen LogP contribution in [-0.4, -0.2) is 24.7 Å². The van der Waals surface area contributed by atoms with Crippen LogP contribution in [0.4, 0.5) is 0 Å². The van der Waals surface area contributed by atoms with Crippen molar-refractivity contribution < 1.29 is 0 Å². The van der Waals surface area contributed by atoms with Crippen molar-refractivity contribution in [2.75, 3.05) is 0 Å². The summed E-state index contributed by atoms with van der Waals surface area (Å²) in [7, 11) is 0. The van der Waals surface area contributed by atoms with Gasteiger partial charge in [0.05, 0.1) is 24.6 Å². The molecule has 5 nitrogen and oxygen atoms in total. The van der Waals surface area contributed by atoms with Gasteiger partial charge in [0.25, 0.3) is 0 Å². The van der Waals surface area contributed by atoms with Crippen molar-refractivity contribution in [1.29, 1.82) is 0 Å². The number of nitrogens with zero attached hydrogens (tertiary/aromatic N) is 5. The van der Waals surface area contributed by atoms with Crippen LogP contribution in [0.2, 0.25) is 10.0 Å². The highest BCUT2D eigenvalue weighted by atomic mass is 35.5. The van der Waals surface area contributed by atoms with Crippen molar-refractivity contribution >= 4 is 34.4 Å². The molecule has 0 saturated heterocycles. The Kier molecular flexibility index (Phi) is 3.88. The predicted molar refractivity (Wildman–Crippen MR) is 94.1 cm³/mol. The number of hydrogen-bond donors (Lipinski definition) is 0. The standard InChI is InChI=1S/C17H11Cl2N5/c18-13-4-11(5-14(19)6-13)9-24-10-12(7-22-24)16-8-21-15-2-1-3-20-17(15)23-16/h1-8,10H,9H2. The summed E-state index contributed by atoms with van der Waals surface area (Å²) in [6.07, 6.45) is 7.09. The van der Waals surface area contributed by atoms with Crippen LogP contribution in [0.1, 0.15) is 5.56 Å². The van der Waals surface area contributed by atoms with E-state index in [1.54, 1.807) is 24.7 Å². The van der Waals surface area contributed by atoms with Crippen molar-refractivity contribution in [3.63, 3.8) is 0 Å². The quantitative estimate of drug-likeness (QED) is 0.551. The van der Waals surface area contributed by atoms with Gasteiger partial charge < -0.3 is 0 Å². The second kappa shape index (κ2) is 6.19. The third-order valence-electron chi connectivity index (χ3n) is 3.51. The van der Waals surface area contributed by atoms with Crippen molar-refractivity contribution in [2.45, 2.75) is 6.54 Å². The molecule has 0 fully saturated rings. The number of aromatic nitrogens is 5. The summed E-state index contributed by atoms with van der Waals surface area (Å²) in [5.41, 5.74) is 3.97. The van der Waals surface area contributed by atoms with Gasteiger partial charge in [-0.1, -0.05) is 23.2 Å². The van der Waals surface area contributed by atoms with Crippen LogP contribution in [0.3, 0.4) is 0 Å². The molecule has 0 aliphatic carbocycles. The molecular formula is C17H11Cl2N5. The molecule has 3 heterocycles. The monoisotopic (exact) mass is 355 g/mol. The smallest absolute Gasteiger partial charge is 0.178 e. The average molecular weight is 356 g/mol. The molecule has 0 unspecified atom stereocenters. The average Bonchev–Trinajstić information content (AvgIpc) is 3.02. The van der Waals surface area contributed by atoms with E-state index in [1.807, 2.05) is 35.1 Å². The van der Waals surface area contributed by atoms with Gasteiger partial charge in [0.1, 0.15) is 5.52 Å². The Morgan fingerprint density at radius 2 is 1.83 bits per heavy atom. The number of rotatable bonds is 3. The number of fused-ring (bicyclic) bond motifs is 1. The fourth-order valence-electron chi connectivity index (χ4n) is 2.46. The summed E-state index contributed by atoms with van der Waals surface area (Å²) in [5.74, 6) is 0. The molecule has 0 spiro atoms. The second-order valence-electron chi connectivity index (χ2n) is 5.31. The highest BCUT2D eigenvalue weighted by molar-refractivity contribution is 6.34. The predicted octanol–water partition coefficient (Wildman–Crippen LogP) is 4.24. The molecule has 0 amide bonds. The van der Waals surface area contributed by atoms with Gasteiger partial charge in [0.15, 0.2) is 5.65 Å². The maximum absolute atomic E-state index is 6.03. The van der Waals surface area contributed by atoms with Gasteiger partial charge in [-0.15, -0.1) is 0 Å². The Balaban J connectivity index is 1.63. The van der Waals surface area contributed by atoms with E-state index >= 15 is 0 Å². The molecule has 4 rings (SSSR count). The first-order valence-electron chi connectivity index (χ1n) is 7.23. The molecule has 0 atom stereocenters. The van der Waals surface area contributed by atoms with E-state index < -0.39 is 0 Å². The van der Waals surface area contributed by atoms with Gasteiger partial charge in [0.2, 0.25) is 0 Å². The van der Waals surface area contributed by atoms with Gasteiger partial charge in [0, 0.05) is 28.0 Å². The minimum Gasteiger partial charge on any atom is -0.268 e. The van der Waals surface area contributed by atoms with Crippen LogP contribution in [0, 0.1) is 0 Å². The Hall–Kier alpha value is -2.50. The molecule has 4 aromatic rings. The molecule has 7 heteroatoms. The number of benzene rings is 1. The molecule has 0 aliphatic rings. The van der Waals surface area contributed by atoms with Crippen LogP contribution >= 0.6 is 23.2 Å². The zero-order valence-corrected chi connectivity index (χ0v) is 13.9. The molecule has 0 saturated carbocycles. The Morgan fingerprint density at radius 3 is 2.67 bits per heavy atom. The molecular weight excluding hydrogens is 345 g/mol. The van der Waals surface area contributed by atoms with E-state index in [0.29, 0.717) is 22.2 Å². The summed E-state index contributed by atoms with van der Waals surface area (Å²) >= 11 is 12.1. The maximum atomic E-state index is 6.03. The van der Waals surface area contributed by atoms with Crippen LogP contribution < -0.4 is 0 Å². The zero-order chi connectivity index (χ0) is 16.5. The Bertz CT molecular complexity index is 1010. The molecule has 118 valence electrons. The Morgan fingerprint density at radius 1 is 1.00 bits per heavy atom. The SMILES string of the molecule is Clc1cc(Cl)cc(Cn2cc(-c3cnc4cccnc4n3)cn2)c1. The number of hydrogen-bond acceptors (Lipinski definition) is 4. The zero-order valence-electron chi connectivity index (χ0n) is 12.4. The van der Waals surface area contributed by atoms with Crippen LogP contribution in [0.5, 0.6) is 0 Å². The molecule has 0 aliphatic heterocycles. The fourth-order valence-corrected chi connectivity index (χ4v) is 3.03. The van der Waals surface area contributed by atoms with Crippen LogP contribution in [0.25, 0.3) is 22.4 Å². The topological polar surface area (TPSA) is 56.5 Å². The fraction of sp³-hybridized carbons (Fsp3) is 0.0588. The summed E-state index contributed by atoms with van der Waals surface area (Å²) in [5, 5.41) is 5.59. The van der Waals surface area contributed by atoms with Crippen LogP contribution in [-0.2, 0) is 6.54 Å². The molecule has 0 radical (unpaired) electrons. The van der Waals surface area contributed by atoms with Crippen molar-refractivity contribution in [3.05, 3.63) is 70.7 Å². The molecule has 24 heavy (non-hydrogen) atoms. The van der Waals surface area contributed by atoms with Gasteiger partial charge in [-0.2, -0.15) is 5.10 Å². The lowest BCUT2D eigenvalue weighted by Crippen LogP contribution is -1.99. The molecule has 0 bridgehead atoms. The number of halogens is 2. The third-order valence-corrected chi connectivity index (χ3v) is 3.95. The summed E-state index contributed by atoms with van der Waals surface area (Å²) < 4.78 is 1.81. The lowest BCUT2D eigenvalue weighted by molar-refractivity contribution is 0.687. The highest BCUT2D eigenvalue weighted by Gasteiger charge is 2.07. The van der Waals surface area contributed by atoms with Gasteiger partial charge in [-0.3, -0.25) is 9.67 Å². The maximum Gasteiger partial charge on any atom is 0.178 e.